The summed E-state index contributed by atoms with van der Waals surface area (Å²) < 4.78 is 26.6. The van der Waals surface area contributed by atoms with E-state index >= 15 is 0 Å². The van der Waals surface area contributed by atoms with Crippen LogP contribution in [0.15, 0.2) is 40.8 Å². The molecule has 0 atom stereocenters. The van der Waals surface area contributed by atoms with Gasteiger partial charge in [0, 0.05) is 5.57 Å². The second kappa shape index (κ2) is 6.89. The zero-order chi connectivity index (χ0) is 15.3. The molecule has 0 unspecified atom stereocenters. The van der Waals surface area contributed by atoms with Gasteiger partial charge in [0.1, 0.15) is 0 Å². The number of allylic oxidation sites excluding steroid dienone is 1. The molecule has 1 amide bonds. The second-order valence-electron chi connectivity index (χ2n) is 5.43. The predicted octanol–water partition coefficient (Wildman–Crippen LogP) is 3.08. The molecule has 2 rings (SSSR count). The maximum atomic E-state index is 12.2. The highest BCUT2D eigenvalue weighted by Gasteiger charge is 2.20. The monoisotopic (exact) mass is 307 g/mol. The van der Waals surface area contributed by atoms with Gasteiger partial charge in [-0.15, -0.1) is 0 Å². The smallest absolute Gasteiger partial charge is 0.264 e. The molecule has 21 heavy (non-hydrogen) atoms. The van der Waals surface area contributed by atoms with E-state index in [1.165, 1.54) is 18.6 Å². The Bertz CT molecular complexity index is 630. The molecule has 1 aliphatic carbocycles. The van der Waals surface area contributed by atoms with Crippen molar-refractivity contribution < 1.29 is 13.2 Å². The van der Waals surface area contributed by atoms with Crippen LogP contribution in [0, 0.1) is 6.92 Å². The number of nitrogens with one attached hydrogen (secondary N) is 1. The molecule has 0 aromatic heterocycles. The molecule has 0 saturated carbocycles. The molecule has 5 heteroatoms. The Morgan fingerprint density at radius 2 is 1.71 bits per heavy atom. The molecule has 0 spiro atoms. The lowest BCUT2D eigenvalue weighted by Gasteiger charge is -2.12. The van der Waals surface area contributed by atoms with Gasteiger partial charge in [-0.3, -0.25) is 4.79 Å². The zero-order valence-electron chi connectivity index (χ0n) is 12.3. The van der Waals surface area contributed by atoms with E-state index in [0.29, 0.717) is 12.0 Å². The van der Waals surface area contributed by atoms with E-state index in [-0.39, 0.29) is 4.90 Å². The molecule has 0 heterocycles. The Morgan fingerprint density at radius 3 is 2.43 bits per heavy atom. The van der Waals surface area contributed by atoms with Crippen LogP contribution >= 0.6 is 0 Å². The van der Waals surface area contributed by atoms with Crippen molar-refractivity contribution in [3.63, 3.8) is 0 Å². The summed E-state index contributed by atoms with van der Waals surface area (Å²) in [7, 11) is -3.79. The quantitative estimate of drug-likeness (QED) is 0.933. The van der Waals surface area contributed by atoms with Crippen molar-refractivity contribution in [2.45, 2.75) is 50.3 Å². The van der Waals surface area contributed by atoms with Crippen LogP contribution in [0.1, 0.15) is 44.1 Å². The standard InChI is InChI=1S/C16H21NO3S/c1-13-9-11-15(12-10-13)21(19,20)17-16(18)14-7-5-3-2-4-6-8-14/h7,9-12H,2-6,8H2,1H3,(H,17,18)/b14-7-. The van der Waals surface area contributed by atoms with Gasteiger partial charge >= 0.3 is 0 Å². The van der Waals surface area contributed by atoms with Gasteiger partial charge in [-0.1, -0.05) is 36.6 Å². The summed E-state index contributed by atoms with van der Waals surface area (Å²) in [5.41, 5.74) is 1.56. The lowest BCUT2D eigenvalue weighted by molar-refractivity contribution is -0.116. The lowest BCUT2D eigenvalue weighted by atomic mass is 10.00. The first-order chi connectivity index (χ1) is 9.99. The molecule has 0 bridgehead atoms. The number of benzene rings is 1. The van der Waals surface area contributed by atoms with E-state index in [9.17, 15) is 13.2 Å². The summed E-state index contributed by atoms with van der Waals surface area (Å²) in [6.07, 6.45) is 7.62. The SMILES string of the molecule is Cc1ccc(S(=O)(=O)NC(=O)/C2=C\CCCCCC2)cc1. The van der Waals surface area contributed by atoms with E-state index < -0.39 is 15.9 Å². The number of sulfonamides is 1. The fourth-order valence-corrected chi connectivity index (χ4v) is 3.35. The molecule has 1 aromatic carbocycles. The van der Waals surface area contributed by atoms with Gasteiger partial charge < -0.3 is 0 Å². The fraction of sp³-hybridized carbons (Fsp3) is 0.438. The molecular weight excluding hydrogens is 286 g/mol. The van der Waals surface area contributed by atoms with Gasteiger partial charge in [-0.25, -0.2) is 13.1 Å². The first kappa shape index (κ1) is 15.8. The molecular formula is C16H21NO3S. The average Bonchev–Trinajstić information content (AvgIpc) is 2.37. The van der Waals surface area contributed by atoms with Crippen molar-refractivity contribution in [3.8, 4) is 0 Å². The molecule has 0 radical (unpaired) electrons. The van der Waals surface area contributed by atoms with Gasteiger partial charge in [0.25, 0.3) is 15.9 Å². The largest absolute Gasteiger partial charge is 0.269 e. The summed E-state index contributed by atoms with van der Waals surface area (Å²) in [4.78, 5) is 12.3. The van der Waals surface area contributed by atoms with E-state index in [1.54, 1.807) is 12.1 Å². The van der Waals surface area contributed by atoms with Gasteiger partial charge in [-0.05, 0) is 44.7 Å². The van der Waals surface area contributed by atoms with Crippen LogP contribution in [0.2, 0.25) is 0 Å². The Balaban J connectivity index is 2.12. The highest BCUT2D eigenvalue weighted by Crippen LogP contribution is 2.18. The third-order valence-electron chi connectivity index (χ3n) is 3.64. The highest BCUT2D eigenvalue weighted by atomic mass is 32.2. The minimum atomic E-state index is -3.79. The van der Waals surface area contributed by atoms with Gasteiger partial charge in [0.05, 0.1) is 4.90 Å². The van der Waals surface area contributed by atoms with Gasteiger partial charge in [-0.2, -0.15) is 0 Å². The number of carbonyl (C=O) groups is 1. The summed E-state index contributed by atoms with van der Waals surface area (Å²) in [5, 5.41) is 0. The van der Waals surface area contributed by atoms with Crippen molar-refractivity contribution in [2.24, 2.45) is 0 Å². The van der Waals surface area contributed by atoms with Crippen LogP contribution in [0.5, 0.6) is 0 Å². The summed E-state index contributed by atoms with van der Waals surface area (Å²) in [6, 6.07) is 6.46. The Hall–Kier alpha value is -1.62. The molecule has 0 aliphatic heterocycles. The number of carbonyl (C=O) groups excluding carboxylic acids is 1. The number of rotatable bonds is 3. The van der Waals surface area contributed by atoms with Crippen molar-refractivity contribution in [1.29, 1.82) is 0 Å². The maximum absolute atomic E-state index is 12.2. The Labute approximate surface area is 126 Å². The molecule has 4 nitrogen and oxygen atoms in total. The number of hydrogen-bond donors (Lipinski definition) is 1. The van der Waals surface area contributed by atoms with Crippen LogP contribution in [0.3, 0.4) is 0 Å². The van der Waals surface area contributed by atoms with Gasteiger partial charge in [0.15, 0.2) is 0 Å². The van der Waals surface area contributed by atoms with E-state index in [2.05, 4.69) is 4.72 Å². The first-order valence-electron chi connectivity index (χ1n) is 7.32. The van der Waals surface area contributed by atoms with Crippen LogP contribution < -0.4 is 4.72 Å². The summed E-state index contributed by atoms with van der Waals surface area (Å²) in [6.45, 7) is 1.88. The summed E-state index contributed by atoms with van der Waals surface area (Å²) >= 11 is 0. The third kappa shape index (κ3) is 4.43. The molecule has 1 N–H and O–H groups in total. The molecule has 1 aromatic rings. The second-order valence-corrected chi connectivity index (χ2v) is 7.11. The first-order valence-corrected chi connectivity index (χ1v) is 8.80. The highest BCUT2D eigenvalue weighted by molar-refractivity contribution is 7.90. The normalized spacial score (nSPS) is 19.0. The fourth-order valence-electron chi connectivity index (χ4n) is 2.36. The van der Waals surface area contributed by atoms with Crippen molar-refractivity contribution in [2.75, 3.05) is 0 Å². The molecule has 0 saturated heterocycles. The molecule has 114 valence electrons. The van der Waals surface area contributed by atoms with Crippen molar-refractivity contribution >= 4 is 15.9 Å². The van der Waals surface area contributed by atoms with Crippen LogP contribution in [-0.2, 0) is 14.8 Å². The van der Waals surface area contributed by atoms with Crippen LogP contribution in [-0.4, -0.2) is 14.3 Å². The number of amides is 1. The summed E-state index contributed by atoms with van der Waals surface area (Å²) in [5.74, 6) is -0.488. The van der Waals surface area contributed by atoms with E-state index in [0.717, 1.165) is 31.2 Å². The van der Waals surface area contributed by atoms with Gasteiger partial charge in [0.2, 0.25) is 0 Å². The predicted molar refractivity (Wildman–Crippen MR) is 82.3 cm³/mol. The number of hydrogen-bond acceptors (Lipinski definition) is 3. The number of aryl methyl sites for hydroxylation is 1. The van der Waals surface area contributed by atoms with Crippen LogP contribution in [0.4, 0.5) is 0 Å². The topological polar surface area (TPSA) is 63.2 Å². The minimum Gasteiger partial charge on any atom is -0.269 e. The van der Waals surface area contributed by atoms with Crippen molar-refractivity contribution in [1.82, 2.24) is 4.72 Å². The average molecular weight is 307 g/mol. The van der Waals surface area contributed by atoms with E-state index in [1.807, 2.05) is 13.0 Å². The molecule has 1 aliphatic rings. The Morgan fingerprint density at radius 1 is 1.05 bits per heavy atom. The van der Waals surface area contributed by atoms with Crippen LogP contribution in [0.25, 0.3) is 0 Å². The van der Waals surface area contributed by atoms with E-state index in [4.69, 9.17) is 0 Å². The third-order valence-corrected chi connectivity index (χ3v) is 4.99. The zero-order valence-corrected chi connectivity index (χ0v) is 13.1. The Kier molecular flexibility index (Phi) is 5.17. The maximum Gasteiger partial charge on any atom is 0.264 e. The minimum absolute atomic E-state index is 0.118. The molecule has 0 fully saturated rings. The lowest BCUT2D eigenvalue weighted by Crippen LogP contribution is -2.31. The van der Waals surface area contributed by atoms with Crippen molar-refractivity contribution in [3.05, 3.63) is 41.5 Å².